The van der Waals surface area contributed by atoms with Crippen molar-refractivity contribution < 1.29 is 26.3 Å². The smallest absolute Gasteiger partial charge is 0.262 e. The molecular formula is C17H16N2O6S3. The van der Waals surface area contributed by atoms with Crippen LogP contribution >= 0.6 is 11.3 Å². The van der Waals surface area contributed by atoms with Crippen LogP contribution < -0.4 is 14.2 Å². The van der Waals surface area contributed by atoms with E-state index < -0.39 is 19.9 Å². The maximum absolute atomic E-state index is 12.7. The molecule has 0 atom stereocenters. The second kappa shape index (κ2) is 6.90. The number of sulfone groups is 1. The molecule has 0 fully saturated rings. The molecule has 0 bridgehead atoms. The average molecular weight is 441 g/mol. The molecule has 0 aliphatic carbocycles. The summed E-state index contributed by atoms with van der Waals surface area (Å²) in [7, 11) is -7.28. The lowest BCUT2D eigenvalue weighted by molar-refractivity contribution is 0.171. The molecule has 11 heteroatoms. The van der Waals surface area contributed by atoms with Crippen LogP contribution in [0.4, 0.5) is 5.69 Å². The summed E-state index contributed by atoms with van der Waals surface area (Å²) in [4.78, 5) is 4.16. The number of nitrogens with one attached hydrogen (secondary N) is 1. The van der Waals surface area contributed by atoms with Crippen molar-refractivity contribution in [2.75, 3.05) is 23.7 Å². The van der Waals surface area contributed by atoms with E-state index >= 15 is 0 Å². The number of fused-ring (bicyclic) bond motifs is 2. The summed E-state index contributed by atoms with van der Waals surface area (Å²) < 4.78 is 63.4. The number of ether oxygens (including phenoxy) is 2. The predicted octanol–water partition coefficient (Wildman–Crippen LogP) is 2.66. The Kier molecular flexibility index (Phi) is 4.68. The van der Waals surface area contributed by atoms with E-state index in [1.54, 1.807) is 31.2 Å². The fourth-order valence-corrected chi connectivity index (χ4v) is 6.04. The zero-order chi connectivity index (χ0) is 19.9. The van der Waals surface area contributed by atoms with Gasteiger partial charge in [-0.05, 0) is 30.3 Å². The van der Waals surface area contributed by atoms with Crippen LogP contribution in [0.1, 0.15) is 6.92 Å². The van der Waals surface area contributed by atoms with Gasteiger partial charge in [-0.15, -0.1) is 11.3 Å². The zero-order valence-corrected chi connectivity index (χ0v) is 17.2. The Hall–Kier alpha value is -2.37. The Labute approximate surface area is 166 Å². The molecule has 0 saturated carbocycles. The van der Waals surface area contributed by atoms with Gasteiger partial charge in [0.25, 0.3) is 10.0 Å². The third-order valence-electron chi connectivity index (χ3n) is 4.09. The van der Waals surface area contributed by atoms with Crippen LogP contribution in [0, 0.1) is 0 Å². The molecule has 28 heavy (non-hydrogen) atoms. The van der Waals surface area contributed by atoms with Gasteiger partial charge >= 0.3 is 0 Å². The van der Waals surface area contributed by atoms with E-state index in [2.05, 4.69) is 9.71 Å². The first kappa shape index (κ1) is 19.0. The maximum Gasteiger partial charge on any atom is 0.262 e. The van der Waals surface area contributed by atoms with Gasteiger partial charge in [0, 0.05) is 6.07 Å². The van der Waals surface area contributed by atoms with Crippen molar-refractivity contribution >= 4 is 47.1 Å². The number of hydrogen-bond donors (Lipinski definition) is 1. The third kappa shape index (κ3) is 3.52. The van der Waals surface area contributed by atoms with E-state index in [-0.39, 0.29) is 15.0 Å². The molecule has 2 aromatic carbocycles. The molecule has 4 rings (SSSR count). The van der Waals surface area contributed by atoms with Crippen LogP contribution in [-0.4, -0.2) is 40.8 Å². The van der Waals surface area contributed by atoms with Crippen LogP contribution in [0.3, 0.4) is 0 Å². The van der Waals surface area contributed by atoms with Crippen molar-refractivity contribution in [3.8, 4) is 11.5 Å². The summed E-state index contributed by atoms with van der Waals surface area (Å²) in [5.74, 6) is 0.832. The van der Waals surface area contributed by atoms with Crippen LogP contribution in [0.15, 0.2) is 45.6 Å². The summed E-state index contributed by atoms with van der Waals surface area (Å²) >= 11 is 1.01. The van der Waals surface area contributed by atoms with Crippen molar-refractivity contribution in [2.24, 2.45) is 0 Å². The van der Waals surface area contributed by atoms with Gasteiger partial charge in [0.1, 0.15) is 13.2 Å². The minimum absolute atomic E-state index is 0.0249. The number of anilines is 1. The van der Waals surface area contributed by atoms with Crippen LogP contribution in [-0.2, 0) is 19.9 Å². The highest BCUT2D eigenvalue weighted by molar-refractivity contribution is 7.93. The van der Waals surface area contributed by atoms with Crippen molar-refractivity contribution in [3.05, 3.63) is 36.4 Å². The van der Waals surface area contributed by atoms with E-state index in [1.165, 1.54) is 12.1 Å². The largest absolute Gasteiger partial charge is 0.486 e. The van der Waals surface area contributed by atoms with Crippen LogP contribution in [0.25, 0.3) is 10.2 Å². The topological polar surface area (TPSA) is 112 Å². The van der Waals surface area contributed by atoms with Crippen molar-refractivity contribution in [3.63, 3.8) is 0 Å². The molecule has 148 valence electrons. The second-order valence-corrected chi connectivity index (χ2v) is 11.1. The first-order valence-electron chi connectivity index (χ1n) is 8.34. The molecule has 1 aliphatic heterocycles. The zero-order valence-electron chi connectivity index (χ0n) is 14.7. The van der Waals surface area contributed by atoms with Gasteiger partial charge in [0.05, 0.1) is 26.6 Å². The average Bonchev–Trinajstić information content (AvgIpc) is 3.11. The van der Waals surface area contributed by atoms with E-state index in [1.807, 2.05) is 0 Å². The Morgan fingerprint density at radius 2 is 1.79 bits per heavy atom. The summed E-state index contributed by atoms with van der Waals surface area (Å²) in [5, 5.41) is 0. The number of benzene rings is 2. The Morgan fingerprint density at radius 3 is 2.54 bits per heavy atom. The van der Waals surface area contributed by atoms with Crippen LogP contribution in [0.5, 0.6) is 11.5 Å². The fourth-order valence-electron chi connectivity index (χ4n) is 2.63. The molecule has 8 nitrogen and oxygen atoms in total. The highest BCUT2D eigenvalue weighted by atomic mass is 32.2. The van der Waals surface area contributed by atoms with E-state index in [0.29, 0.717) is 40.6 Å². The number of sulfonamides is 1. The van der Waals surface area contributed by atoms with E-state index in [9.17, 15) is 16.8 Å². The van der Waals surface area contributed by atoms with Gasteiger partial charge in [-0.25, -0.2) is 21.8 Å². The Bertz CT molecular complexity index is 1270. The summed E-state index contributed by atoms with van der Waals surface area (Å²) in [6, 6.07) is 9.09. The Balaban J connectivity index is 1.65. The SMILES string of the molecule is CCS(=O)(=O)c1nc2ccc(NS(=O)(=O)c3ccc4c(c3)OCCO4)cc2s1. The maximum atomic E-state index is 12.7. The minimum Gasteiger partial charge on any atom is -0.486 e. The lowest BCUT2D eigenvalue weighted by Crippen LogP contribution is -2.17. The van der Waals surface area contributed by atoms with Gasteiger partial charge in [-0.3, -0.25) is 4.72 Å². The van der Waals surface area contributed by atoms with E-state index in [4.69, 9.17) is 9.47 Å². The van der Waals surface area contributed by atoms with Gasteiger partial charge in [-0.1, -0.05) is 6.92 Å². The molecular weight excluding hydrogens is 424 g/mol. The highest BCUT2D eigenvalue weighted by Gasteiger charge is 2.21. The van der Waals surface area contributed by atoms with Gasteiger partial charge in [0.2, 0.25) is 14.2 Å². The fraction of sp³-hybridized carbons (Fsp3) is 0.235. The van der Waals surface area contributed by atoms with Crippen LogP contribution in [0.2, 0.25) is 0 Å². The lowest BCUT2D eigenvalue weighted by atomic mass is 10.3. The highest BCUT2D eigenvalue weighted by Crippen LogP contribution is 2.33. The van der Waals surface area contributed by atoms with E-state index in [0.717, 1.165) is 11.3 Å². The monoisotopic (exact) mass is 440 g/mol. The number of nitrogens with zero attached hydrogens (tertiary/aromatic N) is 1. The quantitative estimate of drug-likeness (QED) is 0.649. The molecule has 3 aromatic rings. The normalized spacial score (nSPS) is 14.2. The molecule has 1 aromatic heterocycles. The lowest BCUT2D eigenvalue weighted by Gasteiger charge is -2.19. The van der Waals surface area contributed by atoms with Crippen molar-refractivity contribution in [1.82, 2.24) is 4.98 Å². The summed E-state index contributed by atoms with van der Waals surface area (Å²) in [6.07, 6.45) is 0. The van der Waals surface area contributed by atoms with Gasteiger partial charge < -0.3 is 9.47 Å². The first-order valence-corrected chi connectivity index (χ1v) is 12.3. The molecule has 2 heterocycles. The second-order valence-electron chi connectivity index (χ2n) is 5.98. The summed E-state index contributed by atoms with van der Waals surface area (Å²) in [6.45, 7) is 2.32. The number of rotatable bonds is 5. The summed E-state index contributed by atoms with van der Waals surface area (Å²) in [5.41, 5.74) is 0.811. The number of thiazole rings is 1. The molecule has 0 radical (unpaired) electrons. The third-order valence-corrected chi connectivity index (χ3v) is 8.68. The van der Waals surface area contributed by atoms with Gasteiger partial charge in [0.15, 0.2) is 11.5 Å². The molecule has 0 unspecified atom stereocenters. The predicted molar refractivity (Wildman–Crippen MR) is 106 cm³/mol. The molecule has 0 amide bonds. The first-order chi connectivity index (χ1) is 13.3. The van der Waals surface area contributed by atoms with Crippen molar-refractivity contribution in [1.29, 1.82) is 0 Å². The molecule has 1 aliphatic rings. The molecule has 1 N–H and O–H groups in total. The number of hydrogen-bond acceptors (Lipinski definition) is 8. The standard InChI is InChI=1S/C17H16N2O6S3/c1-2-27(20,21)17-18-13-5-3-11(9-16(13)26-17)19-28(22,23)12-4-6-14-15(10-12)25-8-7-24-14/h3-6,9-10,19H,2,7-8H2,1H3. The molecule has 0 spiro atoms. The Morgan fingerprint density at radius 1 is 1.04 bits per heavy atom. The minimum atomic E-state index is -3.86. The van der Waals surface area contributed by atoms with Gasteiger partial charge in [-0.2, -0.15) is 0 Å². The number of aromatic nitrogens is 1. The van der Waals surface area contributed by atoms with Crippen molar-refractivity contribution in [2.45, 2.75) is 16.2 Å². The molecule has 0 saturated heterocycles.